The van der Waals surface area contributed by atoms with E-state index in [9.17, 15) is 45.3 Å². The van der Waals surface area contributed by atoms with Crippen LogP contribution < -0.4 is 0 Å². The highest BCUT2D eigenvalue weighted by molar-refractivity contribution is 5.85. The molecule has 0 radical (unpaired) electrons. The molecule has 4 aliphatic carbocycles. The first-order valence-corrected chi connectivity index (χ1v) is 25.2. The first-order chi connectivity index (χ1) is 32.2. The Morgan fingerprint density at radius 1 is 0.706 bits per heavy atom. The molecule has 0 spiro atoms. The Kier molecular flexibility index (Phi) is 14.9. The van der Waals surface area contributed by atoms with Gasteiger partial charge in [-0.15, -0.1) is 0 Å². The molecule has 0 bridgehead atoms. The van der Waals surface area contributed by atoms with Crippen LogP contribution in [0.1, 0.15) is 119 Å². The van der Waals surface area contributed by atoms with Crippen LogP contribution in [0.4, 0.5) is 0 Å². The normalized spacial score (nSPS) is 52.8. The molecule has 5 heterocycles. The Labute approximate surface area is 398 Å². The summed E-state index contributed by atoms with van der Waals surface area (Å²) < 4.78 is 60.2. The molecule has 9 rings (SSSR count). The van der Waals surface area contributed by atoms with Gasteiger partial charge in [-0.3, -0.25) is 4.79 Å². The van der Waals surface area contributed by atoms with E-state index in [-0.39, 0.29) is 54.0 Å². The number of esters is 2. The van der Waals surface area contributed by atoms with Crippen molar-refractivity contribution in [3.05, 3.63) is 11.6 Å². The molecule has 4 saturated carbocycles. The molecule has 25 atom stereocenters. The number of aliphatic hydroxyl groups is 7. The molecule has 0 aromatic rings. The van der Waals surface area contributed by atoms with Gasteiger partial charge >= 0.3 is 11.9 Å². The first-order valence-electron chi connectivity index (χ1n) is 25.2. The van der Waals surface area contributed by atoms with Crippen LogP contribution >= 0.6 is 0 Å². The molecule has 19 nitrogen and oxygen atoms in total. The predicted octanol–water partition coefficient (Wildman–Crippen LogP) is 1.64. The van der Waals surface area contributed by atoms with Crippen LogP contribution in [0, 0.1) is 34.5 Å². The van der Waals surface area contributed by atoms with Gasteiger partial charge in [-0.1, -0.05) is 13.8 Å². The third-order valence-corrected chi connectivity index (χ3v) is 18.3. The van der Waals surface area contributed by atoms with Gasteiger partial charge in [0, 0.05) is 37.7 Å². The van der Waals surface area contributed by atoms with Gasteiger partial charge in [0.1, 0.15) is 55.4 Å². The fraction of sp³-hybridized carbons (Fsp3) is 0.918. The summed E-state index contributed by atoms with van der Waals surface area (Å²) in [5.74, 6) is 0.357. The van der Waals surface area contributed by atoms with Gasteiger partial charge < -0.3 is 83.1 Å². The second-order valence-corrected chi connectivity index (χ2v) is 22.1. The maximum absolute atomic E-state index is 12.6. The Morgan fingerprint density at radius 3 is 1.94 bits per heavy atom. The van der Waals surface area contributed by atoms with Crippen molar-refractivity contribution in [2.45, 2.75) is 235 Å². The minimum atomic E-state index is -1.68. The Bertz CT molecular complexity index is 1810. The van der Waals surface area contributed by atoms with E-state index in [1.165, 1.54) is 6.92 Å². The zero-order chi connectivity index (χ0) is 48.6. The lowest BCUT2D eigenvalue weighted by atomic mass is 9.43. The second-order valence-electron chi connectivity index (χ2n) is 22.1. The standard InChI is InChI=1S/C49H76O19/c1-22-43(66-38-18-33(53)44(23(2)61-38)67-39-19-34(63-25(4)51)45(24(3)62-39)68-46-42(57)41(56)40(55)35(20-50)65-46)32(52)17-37(60-22)64-28-9-12-47(5)27(16-28)7-8-31-30(47)10-13-48(6)29(11-14-49(31,48)58)26-15-36(54)59-21-26/h15,22-24,27-35,37-46,50,52-53,55-58H,7-14,16-21H2,1-6H3/t22-,23-,24-,27?,28+,29-,30+,31?,32+,33+,34+,35+,37?,38?,39?,40+,41-,42+,43-,44-,45-,46?,47+,48-,49?/m1/s1. The van der Waals surface area contributed by atoms with Gasteiger partial charge in [0.25, 0.3) is 0 Å². The molecule has 7 N–H and O–H groups in total. The monoisotopic (exact) mass is 968 g/mol. The van der Waals surface area contributed by atoms with Crippen LogP contribution in [0.25, 0.3) is 0 Å². The number of carbonyl (C=O) groups is 2. The topological polar surface area (TPSA) is 268 Å². The molecule has 4 saturated heterocycles. The summed E-state index contributed by atoms with van der Waals surface area (Å²) in [6.45, 7) is 10.8. The van der Waals surface area contributed by atoms with Crippen LogP contribution in [0.2, 0.25) is 0 Å². The highest BCUT2D eigenvalue weighted by atomic mass is 16.8. The average Bonchev–Trinajstić information content (AvgIpc) is 3.83. The number of fused-ring (bicyclic) bond motifs is 5. The maximum Gasteiger partial charge on any atom is 0.331 e. The van der Waals surface area contributed by atoms with Gasteiger partial charge in [-0.05, 0) is 113 Å². The molecule has 19 heteroatoms. The van der Waals surface area contributed by atoms with E-state index in [1.54, 1.807) is 19.9 Å². The van der Waals surface area contributed by atoms with Crippen molar-refractivity contribution < 1.29 is 92.7 Å². The quantitative estimate of drug-likeness (QED) is 0.115. The van der Waals surface area contributed by atoms with Gasteiger partial charge in [0.05, 0.1) is 48.8 Å². The third kappa shape index (κ3) is 9.36. The first kappa shape index (κ1) is 51.0. The summed E-state index contributed by atoms with van der Waals surface area (Å²) in [6.07, 6.45) is -7.65. The Hall–Kier alpha value is -1.92. The van der Waals surface area contributed by atoms with Crippen LogP contribution in [-0.4, -0.2) is 177 Å². The molecule has 7 unspecified atom stereocenters. The van der Waals surface area contributed by atoms with Gasteiger partial charge in [0.15, 0.2) is 25.2 Å². The fourth-order valence-electron chi connectivity index (χ4n) is 14.6. The van der Waals surface area contributed by atoms with Crippen molar-refractivity contribution in [1.29, 1.82) is 0 Å². The average molecular weight is 969 g/mol. The largest absolute Gasteiger partial charge is 0.459 e. The van der Waals surface area contributed by atoms with Crippen molar-refractivity contribution >= 4 is 11.9 Å². The SMILES string of the molecule is CC(=O)O[C@H]1CC(O[C@H]2[C@@H](O)CC(O[C@H]3[C@@H](O)CC(O[C@H]4CC[C@@]5(C)C(CCC6[C@@H]5CC[C@]5(C)[C@@H](C7=CC(=O)OC7)CCC65O)C4)O[C@@H]3C)O[C@@H]2C)O[C@H](C)[C@H]1OC1O[C@@H](CO)[C@H](O)[C@@H](O)[C@@H]1O. The molecule has 8 fully saturated rings. The van der Waals surface area contributed by atoms with Crippen molar-refractivity contribution in [3.8, 4) is 0 Å². The summed E-state index contributed by atoms with van der Waals surface area (Å²) in [4.78, 5) is 24.2. The molecular formula is C49H76O19. The van der Waals surface area contributed by atoms with E-state index in [4.69, 9.17) is 47.4 Å². The minimum absolute atomic E-state index is 0.0126. The van der Waals surface area contributed by atoms with E-state index >= 15 is 0 Å². The van der Waals surface area contributed by atoms with Crippen molar-refractivity contribution in [2.24, 2.45) is 34.5 Å². The van der Waals surface area contributed by atoms with Crippen LogP contribution in [0.3, 0.4) is 0 Å². The highest BCUT2D eigenvalue weighted by Crippen LogP contribution is 2.70. The molecule has 68 heavy (non-hydrogen) atoms. The van der Waals surface area contributed by atoms with Gasteiger partial charge in [-0.2, -0.15) is 0 Å². The zero-order valence-electron chi connectivity index (χ0n) is 40.2. The lowest BCUT2D eigenvalue weighted by molar-refractivity contribution is -0.355. The number of carbonyl (C=O) groups excluding carboxylic acids is 2. The summed E-state index contributed by atoms with van der Waals surface area (Å²) >= 11 is 0. The van der Waals surface area contributed by atoms with Crippen LogP contribution in [0.15, 0.2) is 11.6 Å². The molecular weight excluding hydrogens is 893 g/mol. The van der Waals surface area contributed by atoms with E-state index in [0.29, 0.717) is 18.4 Å². The summed E-state index contributed by atoms with van der Waals surface area (Å²) in [7, 11) is 0. The van der Waals surface area contributed by atoms with Crippen LogP contribution in [-0.2, 0) is 57.0 Å². The van der Waals surface area contributed by atoms with Crippen molar-refractivity contribution in [1.82, 2.24) is 0 Å². The zero-order valence-corrected chi connectivity index (χ0v) is 40.2. The van der Waals surface area contributed by atoms with E-state index < -0.39 is 123 Å². The molecule has 5 aliphatic heterocycles. The van der Waals surface area contributed by atoms with Gasteiger partial charge in [-0.25, -0.2) is 4.79 Å². The number of aliphatic hydroxyl groups excluding tert-OH is 6. The lowest BCUT2D eigenvalue weighted by Crippen LogP contribution is -2.62. The molecule has 386 valence electrons. The predicted molar refractivity (Wildman–Crippen MR) is 233 cm³/mol. The minimum Gasteiger partial charge on any atom is -0.459 e. The third-order valence-electron chi connectivity index (χ3n) is 18.3. The van der Waals surface area contributed by atoms with Crippen LogP contribution in [0.5, 0.6) is 0 Å². The van der Waals surface area contributed by atoms with E-state index in [1.807, 2.05) is 6.92 Å². The summed E-state index contributed by atoms with van der Waals surface area (Å²) in [5.41, 5.74) is 0.0925. The van der Waals surface area contributed by atoms with Gasteiger partial charge in [0.2, 0.25) is 0 Å². The number of ether oxygens (including phenoxy) is 10. The molecule has 0 amide bonds. The van der Waals surface area contributed by atoms with Crippen molar-refractivity contribution in [3.63, 3.8) is 0 Å². The molecule has 9 aliphatic rings. The number of hydrogen-bond donors (Lipinski definition) is 7. The number of rotatable bonds is 11. The number of hydrogen-bond acceptors (Lipinski definition) is 19. The maximum atomic E-state index is 12.6. The summed E-state index contributed by atoms with van der Waals surface area (Å²) in [6, 6.07) is 0. The number of cyclic esters (lactones) is 1. The fourth-order valence-corrected chi connectivity index (χ4v) is 14.6. The summed E-state index contributed by atoms with van der Waals surface area (Å²) in [5, 5.41) is 76.1. The smallest absolute Gasteiger partial charge is 0.331 e. The Balaban J connectivity index is 0.746. The van der Waals surface area contributed by atoms with E-state index in [0.717, 1.165) is 63.4 Å². The lowest BCUT2D eigenvalue weighted by Gasteiger charge is -2.64. The van der Waals surface area contributed by atoms with Crippen molar-refractivity contribution in [2.75, 3.05) is 13.2 Å². The molecule has 0 aromatic heterocycles. The molecule has 0 aromatic carbocycles. The van der Waals surface area contributed by atoms with E-state index in [2.05, 4.69) is 13.8 Å². The highest BCUT2D eigenvalue weighted by Gasteiger charge is 2.68. The second kappa shape index (κ2) is 19.8. The Morgan fingerprint density at radius 2 is 1.34 bits per heavy atom.